The van der Waals surface area contributed by atoms with E-state index in [1.54, 1.807) is 6.08 Å². The largest absolute Gasteiger partial charge is 0.255 e. The van der Waals surface area contributed by atoms with Crippen molar-refractivity contribution in [2.75, 3.05) is 6.54 Å². The molecule has 0 saturated carbocycles. The van der Waals surface area contributed by atoms with Crippen molar-refractivity contribution in [2.45, 2.75) is 19.9 Å². The molecule has 0 bridgehead atoms. The van der Waals surface area contributed by atoms with Crippen LogP contribution in [0.5, 0.6) is 0 Å². The normalized spacial score (nSPS) is 12.2. The molecule has 1 atom stereocenters. The molecule has 9 heavy (non-hydrogen) atoms. The van der Waals surface area contributed by atoms with Crippen LogP contribution < -0.4 is 0 Å². The maximum absolute atomic E-state index is 9.96. The molecule has 0 heterocycles. The van der Waals surface area contributed by atoms with E-state index in [9.17, 15) is 4.91 Å². The number of hydrogen-bond donors (Lipinski definition) is 0. The summed E-state index contributed by atoms with van der Waals surface area (Å²) in [6, 6.07) is 0.0486. The molecule has 0 saturated heterocycles. The molecule has 3 heteroatoms. The third kappa shape index (κ3) is 2.26. The highest BCUT2D eigenvalue weighted by atomic mass is 16.3. The van der Waals surface area contributed by atoms with Crippen LogP contribution >= 0.6 is 0 Å². The van der Waals surface area contributed by atoms with Gasteiger partial charge in [-0.3, -0.25) is 5.01 Å². The third-order valence-electron chi connectivity index (χ3n) is 1.24. The second kappa shape index (κ2) is 4.06. The van der Waals surface area contributed by atoms with Gasteiger partial charge in [-0.15, -0.1) is 11.5 Å². The predicted molar refractivity (Wildman–Crippen MR) is 37.8 cm³/mol. The van der Waals surface area contributed by atoms with Gasteiger partial charge in [0, 0.05) is 6.54 Å². The summed E-state index contributed by atoms with van der Waals surface area (Å²) >= 11 is 0. The Balaban J connectivity index is 3.77. The summed E-state index contributed by atoms with van der Waals surface area (Å²) in [5.74, 6) is 0. The summed E-state index contributed by atoms with van der Waals surface area (Å²) in [5, 5.41) is 4.21. The zero-order valence-electron chi connectivity index (χ0n) is 5.87. The van der Waals surface area contributed by atoms with Crippen LogP contribution in [-0.4, -0.2) is 17.6 Å². The number of rotatable bonds is 4. The van der Waals surface area contributed by atoms with Gasteiger partial charge in [0.2, 0.25) is 0 Å². The zero-order chi connectivity index (χ0) is 7.28. The third-order valence-corrected chi connectivity index (χ3v) is 1.24. The van der Waals surface area contributed by atoms with Crippen molar-refractivity contribution < 1.29 is 0 Å². The van der Waals surface area contributed by atoms with E-state index in [0.717, 1.165) is 0 Å². The Morgan fingerprint density at radius 1 is 1.89 bits per heavy atom. The van der Waals surface area contributed by atoms with E-state index in [4.69, 9.17) is 0 Å². The minimum Gasteiger partial charge on any atom is -0.255 e. The van der Waals surface area contributed by atoms with Crippen molar-refractivity contribution in [3.63, 3.8) is 0 Å². The highest BCUT2D eigenvalue weighted by molar-refractivity contribution is 4.81. The molecule has 0 amide bonds. The predicted octanol–water partition coefficient (Wildman–Crippen LogP) is 1.56. The maximum atomic E-state index is 9.96. The molecule has 0 fully saturated rings. The van der Waals surface area contributed by atoms with Crippen LogP contribution in [0.25, 0.3) is 0 Å². The highest BCUT2D eigenvalue weighted by Crippen LogP contribution is 1.98. The Bertz CT molecular complexity index is 103. The van der Waals surface area contributed by atoms with Gasteiger partial charge >= 0.3 is 0 Å². The molecule has 0 aliphatic heterocycles. The first-order valence-corrected chi connectivity index (χ1v) is 2.98. The van der Waals surface area contributed by atoms with Crippen molar-refractivity contribution in [1.82, 2.24) is 5.01 Å². The number of hydrogen-bond acceptors (Lipinski definition) is 2. The molecule has 0 spiro atoms. The Kier molecular flexibility index (Phi) is 3.67. The minimum absolute atomic E-state index is 0.0486. The van der Waals surface area contributed by atoms with E-state index in [-0.39, 0.29) is 6.04 Å². The Morgan fingerprint density at radius 3 is 2.56 bits per heavy atom. The van der Waals surface area contributed by atoms with Crippen molar-refractivity contribution in [3.05, 3.63) is 17.6 Å². The van der Waals surface area contributed by atoms with Crippen molar-refractivity contribution in [2.24, 2.45) is 5.29 Å². The van der Waals surface area contributed by atoms with E-state index in [2.05, 4.69) is 11.9 Å². The van der Waals surface area contributed by atoms with Crippen LogP contribution in [0.3, 0.4) is 0 Å². The van der Waals surface area contributed by atoms with E-state index < -0.39 is 0 Å². The summed E-state index contributed by atoms with van der Waals surface area (Å²) in [5.41, 5.74) is 0. The second-order valence-electron chi connectivity index (χ2n) is 1.81. The fraction of sp³-hybridized carbons (Fsp3) is 0.667. The van der Waals surface area contributed by atoms with Crippen LogP contribution in [0.2, 0.25) is 0 Å². The number of likely N-dealkylation sites (N-methyl/N-ethyl adjacent to an activating group) is 1. The van der Waals surface area contributed by atoms with Gasteiger partial charge in [-0.1, -0.05) is 6.08 Å². The average molecular weight is 128 g/mol. The van der Waals surface area contributed by atoms with Gasteiger partial charge in [0.05, 0.1) is 11.3 Å². The summed E-state index contributed by atoms with van der Waals surface area (Å²) in [6.45, 7) is 7.92. The topological polar surface area (TPSA) is 32.7 Å². The van der Waals surface area contributed by atoms with Crippen molar-refractivity contribution in [3.8, 4) is 0 Å². The smallest absolute Gasteiger partial charge is 0.0651 e. The average Bonchev–Trinajstić information content (AvgIpc) is 1.90. The van der Waals surface area contributed by atoms with E-state index >= 15 is 0 Å². The minimum atomic E-state index is 0.0486. The lowest BCUT2D eigenvalue weighted by molar-refractivity contribution is 0.263. The maximum Gasteiger partial charge on any atom is 0.0651 e. The van der Waals surface area contributed by atoms with Gasteiger partial charge in [-0.05, 0) is 13.8 Å². The Labute approximate surface area is 55.3 Å². The standard InChI is InChI=1S/C6H12N2O/c1-4-6(3)8(5-2)7-9/h4,6H,1,5H2,2-3H3. The zero-order valence-corrected chi connectivity index (χ0v) is 5.87. The molecule has 0 aromatic rings. The van der Waals surface area contributed by atoms with E-state index in [1.165, 1.54) is 5.01 Å². The number of nitroso groups, excluding NO2 is 1. The van der Waals surface area contributed by atoms with Crippen LogP contribution in [0, 0.1) is 4.91 Å². The number of nitrogens with zero attached hydrogens (tertiary/aromatic N) is 2. The molecule has 0 aromatic carbocycles. The fourth-order valence-corrected chi connectivity index (χ4v) is 0.542. The lowest BCUT2D eigenvalue weighted by Crippen LogP contribution is -2.24. The van der Waals surface area contributed by atoms with Crippen LogP contribution in [0.4, 0.5) is 0 Å². The second-order valence-corrected chi connectivity index (χ2v) is 1.81. The van der Waals surface area contributed by atoms with Crippen molar-refractivity contribution in [1.29, 1.82) is 0 Å². The Hall–Kier alpha value is -0.860. The monoisotopic (exact) mass is 128 g/mol. The van der Waals surface area contributed by atoms with Gasteiger partial charge in [-0.2, -0.15) is 0 Å². The first-order valence-electron chi connectivity index (χ1n) is 2.98. The molecule has 3 nitrogen and oxygen atoms in total. The first-order chi connectivity index (χ1) is 4.26. The lowest BCUT2D eigenvalue weighted by atomic mass is 10.3. The summed E-state index contributed by atoms with van der Waals surface area (Å²) < 4.78 is 0. The molecular formula is C6H12N2O. The van der Waals surface area contributed by atoms with Crippen LogP contribution in [0.1, 0.15) is 13.8 Å². The molecule has 0 aliphatic carbocycles. The van der Waals surface area contributed by atoms with Gasteiger partial charge < -0.3 is 0 Å². The first kappa shape index (κ1) is 8.14. The molecule has 52 valence electrons. The molecule has 0 rings (SSSR count). The van der Waals surface area contributed by atoms with E-state index in [0.29, 0.717) is 6.54 Å². The van der Waals surface area contributed by atoms with Gasteiger partial charge in [0.15, 0.2) is 0 Å². The molecule has 1 unspecified atom stereocenters. The van der Waals surface area contributed by atoms with E-state index in [1.807, 2.05) is 13.8 Å². The summed E-state index contributed by atoms with van der Waals surface area (Å²) in [6.07, 6.45) is 1.69. The van der Waals surface area contributed by atoms with Gasteiger partial charge in [-0.25, -0.2) is 0 Å². The molecule has 0 N–H and O–H groups in total. The molecule has 0 radical (unpaired) electrons. The SMILES string of the molecule is C=CC(C)N(CC)N=O. The molecular weight excluding hydrogens is 116 g/mol. The molecule has 0 aliphatic rings. The highest BCUT2D eigenvalue weighted by Gasteiger charge is 2.04. The molecule has 0 aromatic heterocycles. The Morgan fingerprint density at radius 2 is 2.44 bits per heavy atom. The van der Waals surface area contributed by atoms with Gasteiger partial charge in [0.25, 0.3) is 0 Å². The van der Waals surface area contributed by atoms with Crippen molar-refractivity contribution >= 4 is 0 Å². The summed E-state index contributed by atoms with van der Waals surface area (Å²) in [7, 11) is 0. The lowest BCUT2D eigenvalue weighted by Gasteiger charge is -2.16. The van der Waals surface area contributed by atoms with Crippen LogP contribution in [-0.2, 0) is 0 Å². The van der Waals surface area contributed by atoms with Crippen LogP contribution in [0.15, 0.2) is 17.9 Å². The van der Waals surface area contributed by atoms with Gasteiger partial charge in [0.1, 0.15) is 0 Å². The summed E-state index contributed by atoms with van der Waals surface area (Å²) in [4.78, 5) is 9.96. The fourth-order valence-electron chi connectivity index (χ4n) is 0.542. The quantitative estimate of drug-likeness (QED) is 0.327.